The molecule has 80 valence electrons. The van der Waals surface area contributed by atoms with E-state index in [-0.39, 0.29) is 0 Å². The maximum Gasteiger partial charge on any atom is 0.230 e. The molecule has 0 aliphatic heterocycles. The van der Waals surface area contributed by atoms with Crippen molar-refractivity contribution in [2.24, 2.45) is 7.05 Å². The number of nitrogens with zero attached hydrogens (tertiary/aromatic N) is 4. The Morgan fingerprint density at radius 3 is 2.94 bits per heavy atom. The predicted molar refractivity (Wildman–Crippen MR) is 62.2 cm³/mol. The standard InChI is InChI=1S/C11H11N5/c1-15-5-4-13-11(15)16-10-6-9(12)3-2-8(10)7-14-16/h2-7H,12H2,1H3. The molecule has 2 aromatic heterocycles. The summed E-state index contributed by atoms with van der Waals surface area (Å²) in [6.07, 6.45) is 5.44. The van der Waals surface area contributed by atoms with Gasteiger partial charge in [0.2, 0.25) is 5.95 Å². The number of hydrogen-bond donors (Lipinski definition) is 1. The van der Waals surface area contributed by atoms with Crippen LogP contribution in [0.3, 0.4) is 0 Å². The first-order valence-corrected chi connectivity index (χ1v) is 4.96. The zero-order chi connectivity index (χ0) is 11.1. The molecule has 5 nitrogen and oxygen atoms in total. The quantitative estimate of drug-likeness (QED) is 0.620. The van der Waals surface area contributed by atoms with Gasteiger partial charge < -0.3 is 10.3 Å². The Balaban J connectivity index is 2.32. The van der Waals surface area contributed by atoms with Gasteiger partial charge in [0.25, 0.3) is 0 Å². The van der Waals surface area contributed by atoms with Crippen molar-refractivity contribution in [3.05, 3.63) is 36.8 Å². The summed E-state index contributed by atoms with van der Waals surface area (Å²) < 4.78 is 3.70. The first kappa shape index (κ1) is 8.96. The molecule has 0 saturated heterocycles. The second-order valence-electron chi connectivity index (χ2n) is 3.71. The molecule has 0 unspecified atom stereocenters. The van der Waals surface area contributed by atoms with Gasteiger partial charge in [-0.05, 0) is 18.2 Å². The third-order valence-electron chi connectivity index (χ3n) is 2.58. The van der Waals surface area contributed by atoms with Gasteiger partial charge in [-0.25, -0.2) is 4.98 Å². The van der Waals surface area contributed by atoms with Gasteiger partial charge >= 0.3 is 0 Å². The summed E-state index contributed by atoms with van der Waals surface area (Å²) in [7, 11) is 1.93. The van der Waals surface area contributed by atoms with Gasteiger partial charge in [0.05, 0.1) is 11.7 Å². The number of rotatable bonds is 1. The van der Waals surface area contributed by atoms with Crippen molar-refractivity contribution in [3.8, 4) is 5.95 Å². The second kappa shape index (κ2) is 3.10. The molecule has 16 heavy (non-hydrogen) atoms. The number of nitrogens with two attached hydrogens (primary N) is 1. The van der Waals surface area contributed by atoms with Crippen molar-refractivity contribution in [2.75, 3.05) is 5.73 Å². The summed E-state index contributed by atoms with van der Waals surface area (Å²) in [5.41, 5.74) is 7.47. The van der Waals surface area contributed by atoms with Crippen LogP contribution in [0.15, 0.2) is 36.8 Å². The van der Waals surface area contributed by atoms with E-state index >= 15 is 0 Å². The smallest absolute Gasteiger partial charge is 0.230 e. The lowest BCUT2D eigenvalue weighted by Gasteiger charge is -2.03. The van der Waals surface area contributed by atoms with Crippen LogP contribution in [0.25, 0.3) is 16.9 Å². The number of hydrogen-bond acceptors (Lipinski definition) is 3. The maximum absolute atomic E-state index is 5.78. The zero-order valence-electron chi connectivity index (χ0n) is 8.83. The van der Waals surface area contributed by atoms with Crippen molar-refractivity contribution in [1.82, 2.24) is 19.3 Å². The lowest BCUT2D eigenvalue weighted by Crippen LogP contribution is -2.04. The first-order valence-electron chi connectivity index (χ1n) is 4.96. The van der Waals surface area contributed by atoms with Crippen molar-refractivity contribution >= 4 is 16.6 Å². The van der Waals surface area contributed by atoms with Gasteiger partial charge in [-0.3, -0.25) is 0 Å². The van der Waals surface area contributed by atoms with Crippen LogP contribution in [0.5, 0.6) is 0 Å². The van der Waals surface area contributed by atoms with Crippen LogP contribution in [-0.2, 0) is 7.05 Å². The molecule has 0 atom stereocenters. The lowest BCUT2D eigenvalue weighted by atomic mass is 10.2. The van der Waals surface area contributed by atoms with E-state index in [0.29, 0.717) is 0 Å². The fourth-order valence-electron chi connectivity index (χ4n) is 1.76. The number of benzene rings is 1. The third kappa shape index (κ3) is 1.18. The summed E-state index contributed by atoms with van der Waals surface area (Å²) in [5, 5.41) is 5.37. The fraction of sp³-hybridized carbons (Fsp3) is 0.0909. The lowest BCUT2D eigenvalue weighted by molar-refractivity contribution is 0.767. The first-order chi connectivity index (χ1) is 7.75. The summed E-state index contributed by atoms with van der Waals surface area (Å²) in [6, 6.07) is 5.72. The summed E-state index contributed by atoms with van der Waals surface area (Å²) >= 11 is 0. The molecule has 0 radical (unpaired) electrons. The van der Waals surface area contributed by atoms with Crippen LogP contribution in [0.1, 0.15) is 0 Å². The van der Waals surface area contributed by atoms with E-state index in [1.54, 1.807) is 10.9 Å². The molecule has 1 aromatic carbocycles. The largest absolute Gasteiger partial charge is 0.399 e. The van der Waals surface area contributed by atoms with E-state index in [1.807, 2.05) is 42.2 Å². The molecule has 2 N–H and O–H groups in total. The molecule has 0 aliphatic carbocycles. The number of anilines is 1. The number of imidazole rings is 1. The minimum Gasteiger partial charge on any atom is -0.399 e. The number of aryl methyl sites for hydroxylation is 1. The van der Waals surface area contributed by atoms with E-state index in [1.165, 1.54) is 0 Å². The third-order valence-corrected chi connectivity index (χ3v) is 2.58. The Labute approximate surface area is 92.1 Å². The highest BCUT2D eigenvalue weighted by molar-refractivity contribution is 5.82. The molecule has 3 aromatic rings. The monoisotopic (exact) mass is 213 g/mol. The van der Waals surface area contributed by atoms with Gasteiger partial charge in [0, 0.05) is 30.5 Å². The molecule has 0 spiro atoms. The van der Waals surface area contributed by atoms with Gasteiger partial charge in [-0.15, -0.1) is 0 Å². The van der Waals surface area contributed by atoms with E-state index in [2.05, 4.69) is 10.1 Å². The van der Waals surface area contributed by atoms with E-state index in [4.69, 9.17) is 5.73 Å². The minimum atomic E-state index is 0.725. The molecule has 0 fully saturated rings. The van der Waals surface area contributed by atoms with Crippen LogP contribution in [0.2, 0.25) is 0 Å². The molecular formula is C11H11N5. The average Bonchev–Trinajstić information content (AvgIpc) is 2.83. The van der Waals surface area contributed by atoms with Crippen molar-refractivity contribution < 1.29 is 0 Å². The van der Waals surface area contributed by atoms with Crippen LogP contribution in [0.4, 0.5) is 5.69 Å². The minimum absolute atomic E-state index is 0.725. The maximum atomic E-state index is 5.78. The fourth-order valence-corrected chi connectivity index (χ4v) is 1.76. The number of aromatic nitrogens is 4. The average molecular weight is 213 g/mol. The van der Waals surface area contributed by atoms with Crippen LogP contribution >= 0.6 is 0 Å². The van der Waals surface area contributed by atoms with E-state index in [9.17, 15) is 0 Å². The highest BCUT2D eigenvalue weighted by Gasteiger charge is 2.08. The van der Waals surface area contributed by atoms with Gasteiger partial charge in [-0.1, -0.05) is 0 Å². The summed E-state index contributed by atoms with van der Waals surface area (Å²) in [5.74, 6) is 0.778. The molecule has 0 aliphatic rings. The van der Waals surface area contributed by atoms with Gasteiger partial charge in [0.15, 0.2) is 0 Å². The molecule has 5 heteroatoms. The molecule has 0 bridgehead atoms. The highest BCUT2D eigenvalue weighted by Crippen LogP contribution is 2.19. The van der Waals surface area contributed by atoms with Crippen molar-refractivity contribution in [3.63, 3.8) is 0 Å². The molecular weight excluding hydrogens is 202 g/mol. The zero-order valence-corrected chi connectivity index (χ0v) is 8.83. The topological polar surface area (TPSA) is 61.7 Å². The van der Waals surface area contributed by atoms with E-state index in [0.717, 1.165) is 22.5 Å². The van der Waals surface area contributed by atoms with Crippen molar-refractivity contribution in [1.29, 1.82) is 0 Å². The Kier molecular flexibility index (Phi) is 1.73. The molecule has 0 amide bonds. The molecule has 2 heterocycles. The SMILES string of the molecule is Cn1ccnc1-n1ncc2ccc(N)cc21. The van der Waals surface area contributed by atoms with Gasteiger partial charge in [-0.2, -0.15) is 9.78 Å². The summed E-state index contributed by atoms with van der Waals surface area (Å²) in [4.78, 5) is 4.26. The molecule has 0 saturated carbocycles. The van der Waals surface area contributed by atoms with Crippen LogP contribution in [-0.4, -0.2) is 19.3 Å². The Morgan fingerprint density at radius 1 is 1.31 bits per heavy atom. The number of fused-ring (bicyclic) bond motifs is 1. The predicted octanol–water partition coefficient (Wildman–Crippen LogP) is 1.34. The van der Waals surface area contributed by atoms with Crippen molar-refractivity contribution in [2.45, 2.75) is 0 Å². The van der Waals surface area contributed by atoms with E-state index < -0.39 is 0 Å². The Morgan fingerprint density at radius 2 is 2.19 bits per heavy atom. The highest BCUT2D eigenvalue weighted by atomic mass is 15.4. The Hall–Kier alpha value is -2.30. The second-order valence-corrected chi connectivity index (χ2v) is 3.71. The van der Waals surface area contributed by atoms with Crippen LogP contribution < -0.4 is 5.73 Å². The normalized spacial score (nSPS) is 11.1. The summed E-state index contributed by atoms with van der Waals surface area (Å²) in [6.45, 7) is 0. The number of nitrogen functional groups attached to an aromatic ring is 1. The Bertz CT molecular complexity index is 649. The van der Waals surface area contributed by atoms with Crippen LogP contribution in [0, 0.1) is 0 Å². The molecule has 3 rings (SSSR count). The van der Waals surface area contributed by atoms with Gasteiger partial charge in [0.1, 0.15) is 0 Å².